The number of ether oxygens (including phenoxy) is 9. The first kappa shape index (κ1) is 56.2. The van der Waals surface area contributed by atoms with Crippen molar-refractivity contribution in [3.63, 3.8) is 0 Å². The number of nitrogens with one attached hydrogen (secondary N) is 1. The average molecular weight is 976 g/mol. The summed E-state index contributed by atoms with van der Waals surface area (Å²) in [6, 6.07) is 6.28. The molecule has 1 aromatic carbocycles. The van der Waals surface area contributed by atoms with Crippen molar-refractivity contribution >= 4 is 23.4 Å². The number of aliphatic hydroxyl groups is 3. The third-order valence-corrected chi connectivity index (χ3v) is 13.4. The van der Waals surface area contributed by atoms with E-state index in [2.05, 4.69) is 10.5 Å². The monoisotopic (exact) mass is 976 g/mol. The van der Waals surface area contributed by atoms with Crippen molar-refractivity contribution in [1.29, 1.82) is 0 Å². The van der Waals surface area contributed by atoms with E-state index in [4.69, 9.17) is 47.5 Å². The normalized spacial score (nSPS) is 37.6. The number of benzene rings is 1. The summed E-state index contributed by atoms with van der Waals surface area (Å²) in [5.41, 5.74) is 2.44. The van der Waals surface area contributed by atoms with Crippen LogP contribution in [0.2, 0.25) is 0 Å². The van der Waals surface area contributed by atoms with Gasteiger partial charge in [-0.3, -0.25) is 14.4 Å². The maximum Gasteiger partial charge on any atom is 0.308 e. The van der Waals surface area contributed by atoms with Crippen LogP contribution in [-0.4, -0.2) is 185 Å². The first-order chi connectivity index (χ1) is 32.9. The second kappa shape index (κ2) is 27.2. The Kier molecular flexibility index (Phi) is 22.2. The Morgan fingerprint density at radius 1 is 0.899 bits per heavy atom. The molecule has 0 spiro atoms. The molecule has 3 saturated heterocycles. The van der Waals surface area contributed by atoms with E-state index in [0.29, 0.717) is 30.7 Å². The van der Waals surface area contributed by atoms with Crippen LogP contribution < -0.4 is 5.32 Å². The molecular formula is C50H77N3O16. The summed E-state index contributed by atoms with van der Waals surface area (Å²) in [7, 11) is 6.47. The molecule has 0 aliphatic carbocycles. The predicted molar refractivity (Wildman–Crippen MR) is 252 cm³/mol. The van der Waals surface area contributed by atoms with Crippen molar-refractivity contribution in [2.75, 3.05) is 67.9 Å². The number of esters is 1. The van der Waals surface area contributed by atoms with Gasteiger partial charge in [-0.1, -0.05) is 48.9 Å². The molecule has 0 aromatic heterocycles. The molecular weight excluding hydrogens is 899 g/mol. The summed E-state index contributed by atoms with van der Waals surface area (Å²) in [5.74, 6) is -2.84. The summed E-state index contributed by atoms with van der Waals surface area (Å²) in [6.07, 6.45) is -4.12. The number of aliphatic hydroxyl groups excluding tert-OH is 3. The van der Waals surface area contributed by atoms with Crippen LogP contribution in [0.5, 0.6) is 0 Å². The van der Waals surface area contributed by atoms with Crippen molar-refractivity contribution in [2.24, 2.45) is 28.8 Å². The number of carbonyl (C=O) groups excluding carboxylic acids is 3. The lowest BCUT2D eigenvalue weighted by Gasteiger charge is -2.47. The van der Waals surface area contributed by atoms with Gasteiger partial charge in [0, 0.05) is 50.7 Å². The molecule has 2 bridgehead atoms. The zero-order valence-electron chi connectivity index (χ0n) is 41.9. The number of fused-ring (bicyclic) bond motifs is 3. The van der Waals surface area contributed by atoms with Crippen LogP contribution in [0.1, 0.15) is 76.7 Å². The number of likely N-dealkylation sites (N-methyl/N-ethyl adjacent to an activating group) is 1. The van der Waals surface area contributed by atoms with E-state index >= 15 is 0 Å². The first-order valence-electron chi connectivity index (χ1n) is 24.1. The number of rotatable bonds is 13. The number of allylic oxidation sites excluding steroid dienone is 3. The van der Waals surface area contributed by atoms with Crippen LogP contribution in [0.3, 0.4) is 0 Å². The van der Waals surface area contributed by atoms with Crippen molar-refractivity contribution in [3.05, 3.63) is 59.2 Å². The Hall–Kier alpha value is -3.70. The zero-order valence-corrected chi connectivity index (χ0v) is 41.9. The molecule has 19 heteroatoms. The Balaban J connectivity index is 1.45. The molecule has 4 heterocycles. The van der Waals surface area contributed by atoms with E-state index in [1.807, 2.05) is 33.8 Å². The predicted octanol–water partition coefficient (Wildman–Crippen LogP) is 2.96. The number of amides is 1. The van der Waals surface area contributed by atoms with E-state index < -0.39 is 97.3 Å². The lowest BCUT2D eigenvalue weighted by atomic mass is 9.79. The number of ketones is 1. The largest absolute Gasteiger partial charge is 0.465 e. The Bertz CT molecular complexity index is 1880. The Morgan fingerprint density at radius 3 is 2.28 bits per heavy atom. The molecule has 4 aliphatic heterocycles. The van der Waals surface area contributed by atoms with Gasteiger partial charge in [-0.2, -0.15) is 0 Å². The van der Waals surface area contributed by atoms with Crippen molar-refractivity contribution in [1.82, 2.24) is 10.2 Å². The molecule has 4 aliphatic rings. The highest BCUT2D eigenvalue weighted by Crippen LogP contribution is 2.36. The standard InChI is InChI=1S/C50H77N3O16/c1-11-51-48(59)35-15-13-33(14-16-35)25-66-52-37-26-62-19-18-36-21-29(3)38(54)17-12-28(2)20-34(24-65-50-47(61-10)46(60-9)43(57)32(6)68-50)23-64-40(55)22-39(63-27-37)30(4)45(36)69-49-44(58)41(53(7)8)42(56)31(5)67-49/h12-17,20,29-32,34,36,39,41-47,49-50,56-58H,11,18-19,21-27H2,1-10H3,(H,51,59)/b17-12+,28-20+,52-37+/t29-,30+,31-,32-,34+,36?,39-,41+,42-,43-,44-,45-,46-,47-,49+,50-/m1/s1. The van der Waals surface area contributed by atoms with Crippen LogP contribution >= 0.6 is 0 Å². The molecule has 0 saturated carbocycles. The van der Waals surface area contributed by atoms with Gasteiger partial charge in [-0.25, -0.2) is 0 Å². The quantitative estimate of drug-likeness (QED) is 0.164. The van der Waals surface area contributed by atoms with Gasteiger partial charge >= 0.3 is 5.97 Å². The van der Waals surface area contributed by atoms with Crippen LogP contribution in [0.25, 0.3) is 0 Å². The molecule has 1 amide bonds. The van der Waals surface area contributed by atoms with E-state index in [0.717, 1.165) is 11.1 Å². The minimum absolute atomic E-state index is 0.0173. The third kappa shape index (κ3) is 15.6. The fourth-order valence-corrected chi connectivity index (χ4v) is 9.32. The molecule has 3 fully saturated rings. The number of hydrogen-bond donors (Lipinski definition) is 4. The molecule has 16 atom stereocenters. The maximum absolute atomic E-state index is 14.1. The van der Waals surface area contributed by atoms with Crippen LogP contribution in [0.4, 0.5) is 0 Å². The molecule has 1 unspecified atom stereocenters. The zero-order chi connectivity index (χ0) is 50.4. The molecule has 69 heavy (non-hydrogen) atoms. The Labute approximate surface area is 406 Å². The summed E-state index contributed by atoms with van der Waals surface area (Å²) < 4.78 is 55.3. The molecule has 1 aromatic rings. The molecule has 19 nitrogen and oxygen atoms in total. The van der Waals surface area contributed by atoms with Gasteiger partial charge in [0.25, 0.3) is 5.91 Å². The first-order valence-corrected chi connectivity index (χ1v) is 24.1. The highest BCUT2D eigenvalue weighted by atomic mass is 16.7. The highest BCUT2D eigenvalue weighted by molar-refractivity contribution is 5.94. The lowest BCUT2D eigenvalue weighted by Crippen LogP contribution is -2.63. The highest BCUT2D eigenvalue weighted by Gasteiger charge is 2.48. The smallest absolute Gasteiger partial charge is 0.308 e. The van der Waals surface area contributed by atoms with Gasteiger partial charge in [-0.15, -0.1) is 0 Å². The van der Waals surface area contributed by atoms with Gasteiger partial charge in [0.05, 0.1) is 69.4 Å². The number of carbonyl (C=O) groups is 3. The molecule has 5 rings (SSSR count). The molecule has 0 radical (unpaired) electrons. The van der Waals surface area contributed by atoms with Gasteiger partial charge in [0.2, 0.25) is 0 Å². The minimum atomic E-state index is -1.26. The topological polar surface area (TPSA) is 232 Å². The number of hydrogen-bond acceptors (Lipinski definition) is 18. The number of methoxy groups -OCH3 is 2. The summed E-state index contributed by atoms with van der Waals surface area (Å²) in [5, 5.41) is 40.6. The second-order valence-electron chi connectivity index (χ2n) is 18.9. The fourth-order valence-electron chi connectivity index (χ4n) is 9.32. The number of cyclic esters (lactones) is 1. The van der Waals surface area contributed by atoms with E-state index in [9.17, 15) is 29.7 Å². The van der Waals surface area contributed by atoms with Crippen LogP contribution in [0.15, 0.2) is 53.2 Å². The van der Waals surface area contributed by atoms with Gasteiger partial charge < -0.3 is 73.0 Å². The SMILES string of the molecule is CCNC(=O)c1ccc(CO/N=C2\COCCC3C[C@@H](C)C(=O)/C=C/C(C)=C/[C@H](CO[C@@H]4O[C@H](C)[C@@H](O)[C@@H](OC)[C@H]4OC)COC(=O)C[C@@H](OC2)[C@H](C)[C@H]3O[C@@H]2O[C@H](C)[C@@H](O)[C@H](N(C)C)[C@H]2O)cc1. The minimum Gasteiger partial charge on any atom is -0.465 e. The van der Waals surface area contributed by atoms with Crippen molar-refractivity contribution in [2.45, 2.75) is 141 Å². The van der Waals surface area contributed by atoms with Gasteiger partial charge in [0.1, 0.15) is 36.7 Å². The lowest BCUT2D eigenvalue weighted by molar-refractivity contribution is -0.305. The van der Waals surface area contributed by atoms with Crippen LogP contribution in [0, 0.1) is 23.7 Å². The van der Waals surface area contributed by atoms with E-state index in [-0.39, 0.29) is 63.7 Å². The molecule has 388 valence electrons. The summed E-state index contributed by atoms with van der Waals surface area (Å²) >= 11 is 0. The fraction of sp³-hybridized carbons (Fsp3) is 0.720. The Morgan fingerprint density at radius 2 is 1.59 bits per heavy atom. The third-order valence-electron chi connectivity index (χ3n) is 13.4. The van der Waals surface area contributed by atoms with Crippen LogP contribution in [-0.2, 0) is 63.7 Å². The summed E-state index contributed by atoms with van der Waals surface area (Å²) in [4.78, 5) is 47.8. The number of nitrogens with zero attached hydrogens (tertiary/aromatic N) is 2. The maximum atomic E-state index is 14.1. The van der Waals surface area contributed by atoms with Gasteiger partial charge in [0.15, 0.2) is 18.4 Å². The van der Waals surface area contributed by atoms with Gasteiger partial charge in [-0.05, 0) is 84.3 Å². The van der Waals surface area contributed by atoms with Crippen molar-refractivity contribution in [3.8, 4) is 0 Å². The summed E-state index contributed by atoms with van der Waals surface area (Å²) in [6.45, 7) is 11.6. The van der Waals surface area contributed by atoms with E-state index in [1.165, 1.54) is 20.3 Å². The molecule has 4 N–H and O–H groups in total. The number of oxime groups is 1. The average Bonchev–Trinajstić information content (AvgIpc) is 3.34. The second-order valence-corrected chi connectivity index (χ2v) is 18.9. The van der Waals surface area contributed by atoms with E-state index in [1.54, 1.807) is 63.2 Å². The van der Waals surface area contributed by atoms with Crippen molar-refractivity contribution < 1.29 is 77.2 Å².